The monoisotopic (exact) mass is 663 g/mol. The first-order valence-electron chi connectivity index (χ1n) is 16.8. The predicted octanol–water partition coefficient (Wildman–Crippen LogP) is 3.07. The van der Waals surface area contributed by atoms with Crippen molar-refractivity contribution >= 4 is 29.3 Å². The quantitative estimate of drug-likeness (QED) is 0.246. The number of anilines is 1. The summed E-state index contributed by atoms with van der Waals surface area (Å²) in [5.41, 5.74) is 1.64. The summed E-state index contributed by atoms with van der Waals surface area (Å²) in [6.07, 6.45) is 6.05. The number of aromatic amines is 1. The second kappa shape index (κ2) is 15.5. The Labute approximate surface area is 280 Å². The standard InChI is InChI=1S/C34H46FN9O4/c1-5-44-28(13-14-36-44)32(46)39-30(23-9-7-6-8-10-23)33(47)37-26-12-11-24(20-25(26)35)22(3)29(34(48)43-17-15-42(4)16-18-43)38-31(45)27-19-21(2)40-41-27/h11-14,19-20,22-23,29-30H,5-10,15-18H2,1-4H3,(H,37,47)(H,38,45)(H,39,46)(H,40,41)/t22-,29+,30-/m0/s1. The van der Waals surface area contributed by atoms with Crippen LogP contribution in [0.2, 0.25) is 0 Å². The zero-order valence-electron chi connectivity index (χ0n) is 28.1. The molecule has 48 heavy (non-hydrogen) atoms. The van der Waals surface area contributed by atoms with Crippen LogP contribution < -0.4 is 16.0 Å². The Morgan fingerprint density at radius 2 is 1.73 bits per heavy atom. The van der Waals surface area contributed by atoms with E-state index in [-0.39, 0.29) is 23.2 Å². The molecule has 3 aromatic rings. The lowest BCUT2D eigenvalue weighted by Crippen LogP contribution is -2.55. The highest BCUT2D eigenvalue weighted by Crippen LogP contribution is 2.29. The molecule has 1 saturated heterocycles. The molecule has 13 nitrogen and oxygen atoms in total. The van der Waals surface area contributed by atoms with Crippen LogP contribution in [0.25, 0.3) is 0 Å². The summed E-state index contributed by atoms with van der Waals surface area (Å²) in [5.74, 6) is -3.04. The molecule has 0 bridgehead atoms. The van der Waals surface area contributed by atoms with E-state index in [0.29, 0.717) is 49.7 Å². The van der Waals surface area contributed by atoms with Gasteiger partial charge in [-0.2, -0.15) is 10.2 Å². The summed E-state index contributed by atoms with van der Waals surface area (Å²) in [7, 11) is 1.99. The Bertz CT molecular complexity index is 1610. The molecule has 1 aliphatic carbocycles. The van der Waals surface area contributed by atoms with Gasteiger partial charge < -0.3 is 25.8 Å². The number of carbonyl (C=O) groups excluding carboxylic acids is 4. The number of hydrogen-bond donors (Lipinski definition) is 4. The zero-order valence-corrected chi connectivity index (χ0v) is 28.1. The number of amides is 4. The van der Waals surface area contributed by atoms with Gasteiger partial charge in [-0.1, -0.05) is 32.3 Å². The molecule has 2 fully saturated rings. The van der Waals surface area contributed by atoms with Crippen LogP contribution in [0.5, 0.6) is 0 Å². The highest BCUT2D eigenvalue weighted by molar-refractivity contribution is 6.01. The minimum absolute atomic E-state index is 0.0384. The molecule has 258 valence electrons. The molecule has 3 atom stereocenters. The van der Waals surface area contributed by atoms with Gasteiger partial charge in [0.05, 0.1) is 11.4 Å². The zero-order chi connectivity index (χ0) is 34.4. The second-order valence-corrected chi connectivity index (χ2v) is 12.9. The number of rotatable bonds is 11. The fourth-order valence-electron chi connectivity index (χ4n) is 6.56. The minimum atomic E-state index is -0.980. The molecular weight excluding hydrogens is 617 g/mol. The molecule has 0 unspecified atom stereocenters. The van der Waals surface area contributed by atoms with Crippen molar-refractivity contribution in [2.75, 3.05) is 38.5 Å². The Balaban J connectivity index is 1.34. The highest BCUT2D eigenvalue weighted by atomic mass is 19.1. The van der Waals surface area contributed by atoms with E-state index in [0.717, 1.165) is 32.1 Å². The van der Waals surface area contributed by atoms with Crippen molar-refractivity contribution in [3.8, 4) is 0 Å². The molecule has 4 N–H and O–H groups in total. The van der Waals surface area contributed by atoms with Gasteiger partial charge in [0.15, 0.2) is 0 Å². The molecule has 4 amide bonds. The van der Waals surface area contributed by atoms with Gasteiger partial charge in [0.25, 0.3) is 11.8 Å². The summed E-state index contributed by atoms with van der Waals surface area (Å²) in [6, 6.07) is 5.75. The number of nitrogens with one attached hydrogen (secondary N) is 4. The van der Waals surface area contributed by atoms with E-state index >= 15 is 4.39 Å². The highest BCUT2D eigenvalue weighted by Gasteiger charge is 2.35. The smallest absolute Gasteiger partial charge is 0.270 e. The number of H-pyrrole nitrogens is 1. The van der Waals surface area contributed by atoms with Crippen LogP contribution in [-0.2, 0) is 16.1 Å². The van der Waals surface area contributed by atoms with Gasteiger partial charge in [0, 0.05) is 44.8 Å². The number of piperazine rings is 1. The van der Waals surface area contributed by atoms with E-state index in [9.17, 15) is 19.2 Å². The van der Waals surface area contributed by atoms with Gasteiger partial charge in [-0.25, -0.2) is 4.39 Å². The van der Waals surface area contributed by atoms with Crippen LogP contribution in [0.3, 0.4) is 0 Å². The number of hydrogen-bond acceptors (Lipinski definition) is 7. The summed E-state index contributed by atoms with van der Waals surface area (Å²) >= 11 is 0. The molecule has 0 spiro atoms. The van der Waals surface area contributed by atoms with Crippen molar-refractivity contribution in [3.05, 3.63) is 65.0 Å². The molecule has 3 heterocycles. The van der Waals surface area contributed by atoms with E-state index in [1.165, 1.54) is 12.1 Å². The van der Waals surface area contributed by atoms with E-state index < -0.39 is 41.5 Å². The van der Waals surface area contributed by atoms with Gasteiger partial charge >= 0.3 is 0 Å². The average Bonchev–Trinajstić information content (AvgIpc) is 3.76. The number of nitrogens with zero attached hydrogens (tertiary/aromatic N) is 5. The van der Waals surface area contributed by atoms with Gasteiger partial charge in [0.1, 0.15) is 29.3 Å². The largest absolute Gasteiger partial charge is 0.339 e. The van der Waals surface area contributed by atoms with Crippen LogP contribution in [0.15, 0.2) is 36.5 Å². The van der Waals surface area contributed by atoms with E-state index in [4.69, 9.17) is 0 Å². The van der Waals surface area contributed by atoms with Gasteiger partial charge in [0.2, 0.25) is 11.8 Å². The topological polar surface area (TPSA) is 157 Å². The van der Waals surface area contributed by atoms with Crippen molar-refractivity contribution in [2.24, 2.45) is 5.92 Å². The molecular formula is C34H46FN9O4. The lowest BCUT2D eigenvalue weighted by atomic mass is 9.83. The number of carbonyl (C=O) groups is 4. The Morgan fingerprint density at radius 1 is 1.00 bits per heavy atom. The van der Waals surface area contributed by atoms with Crippen molar-refractivity contribution in [1.29, 1.82) is 0 Å². The van der Waals surface area contributed by atoms with Gasteiger partial charge in [-0.3, -0.25) is 29.0 Å². The van der Waals surface area contributed by atoms with Crippen molar-refractivity contribution < 1.29 is 23.6 Å². The third kappa shape index (κ3) is 8.09. The SMILES string of the molecule is CCn1nccc1C(=O)N[C@H](C(=O)Nc1ccc([C@H](C)[C@@H](NC(=O)c2cc(C)n[nH]2)C(=O)N2CCN(C)CC2)cc1F)C1CCCCC1. The maximum atomic E-state index is 15.7. The molecule has 1 saturated carbocycles. The number of likely N-dealkylation sites (N-methyl/N-ethyl adjacent to an activating group) is 1. The maximum Gasteiger partial charge on any atom is 0.270 e. The Morgan fingerprint density at radius 3 is 2.38 bits per heavy atom. The van der Waals surface area contributed by atoms with Crippen molar-refractivity contribution in [3.63, 3.8) is 0 Å². The van der Waals surface area contributed by atoms with Crippen molar-refractivity contribution in [1.82, 2.24) is 40.4 Å². The first-order chi connectivity index (χ1) is 23.0. The molecule has 1 aromatic carbocycles. The third-order valence-electron chi connectivity index (χ3n) is 9.53. The summed E-state index contributed by atoms with van der Waals surface area (Å²) in [4.78, 5) is 57.7. The van der Waals surface area contributed by atoms with Crippen LogP contribution >= 0.6 is 0 Å². The summed E-state index contributed by atoms with van der Waals surface area (Å²) in [6.45, 7) is 8.31. The van der Waals surface area contributed by atoms with Gasteiger partial charge in [-0.05, 0) is 69.5 Å². The number of benzene rings is 1. The minimum Gasteiger partial charge on any atom is -0.339 e. The number of aromatic nitrogens is 4. The Hall–Kier alpha value is -4.59. The number of halogens is 1. The van der Waals surface area contributed by atoms with Crippen LogP contribution in [0, 0.1) is 18.7 Å². The van der Waals surface area contributed by atoms with E-state index in [1.54, 1.807) is 47.8 Å². The molecule has 5 rings (SSSR count). The van der Waals surface area contributed by atoms with E-state index in [1.807, 2.05) is 14.0 Å². The molecule has 2 aromatic heterocycles. The van der Waals surface area contributed by atoms with Crippen LogP contribution in [0.1, 0.15) is 84.1 Å². The fraction of sp³-hybridized carbons (Fsp3) is 0.529. The fourth-order valence-corrected chi connectivity index (χ4v) is 6.56. The average molecular weight is 664 g/mol. The van der Waals surface area contributed by atoms with Crippen LogP contribution in [-0.4, -0.2) is 98.7 Å². The predicted molar refractivity (Wildman–Crippen MR) is 178 cm³/mol. The summed E-state index contributed by atoms with van der Waals surface area (Å²) < 4.78 is 17.3. The lowest BCUT2D eigenvalue weighted by Gasteiger charge is -2.36. The van der Waals surface area contributed by atoms with E-state index in [2.05, 4.69) is 36.1 Å². The van der Waals surface area contributed by atoms with Crippen molar-refractivity contribution in [2.45, 2.75) is 77.4 Å². The van der Waals surface area contributed by atoms with Gasteiger partial charge in [-0.15, -0.1) is 0 Å². The summed E-state index contributed by atoms with van der Waals surface area (Å²) in [5, 5.41) is 19.3. The molecule has 14 heteroatoms. The molecule has 1 aliphatic heterocycles. The molecule has 2 aliphatic rings. The number of aryl methyl sites for hydroxylation is 2. The second-order valence-electron chi connectivity index (χ2n) is 12.9. The Kier molecular flexibility index (Phi) is 11.2. The maximum absolute atomic E-state index is 15.7. The third-order valence-corrected chi connectivity index (χ3v) is 9.53. The first kappa shape index (κ1) is 34.7. The normalized spacial score (nSPS) is 17.7. The lowest BCUT2D eigenvalue weighted by molar-refractivity contribution is -0.135. The van der Waals surface area contributed by atoms with Crippen LogP contribution in [0.4, 0.5) is 10.1 Å². The molecule has 0 radical (unpaired) electrons. The first-order valence-corrected chi connectivity index (χ1v) is 16.8.